The molecular formula is C9H7BrN2O2. The third-order valence-electron chi connectivity index (χ3n) is 2.10. The van der Waals surface area contributed by atoms with Gasteiger partial charge in [-0.05, 0) is 34.5 Å². The number of nitrogens with zero attached hydrogens (tertiary/aromatic N) is 1. The molecule has 0 radical (unpaired) electrons. The van der Waals surface area contributed by atoms with Gasteiger partial charge in [-0.2, -0.15) is 0 Å². The maximum atomic E-state index is 10.7. The predicted octanol–water partition coefficient (Wildman–Crippen LogP) is 2.33. The Morgan fingerprint density at radius 3 is 3.00 bits per heavy atom. The summed E-state index contributed by atoms with van der Waals surface area (Å²) in [6, 6.07) is 1.59. The van der Waals surface area contributed by atoms with Crippen LogP contribution in [0.25, 0.3) is 11.0 Å². The van der Waals surface area contributed by atoms with E-state index >= 15 is 0 Å². The summed E-state index contributed by atoms with van der Waals surface area (Å²) >= 11 is 3.34. The van der Waals surface area contributed by atoms with Crippen molar-refractivity contribution in [3.05, 3.63) is 28.0 Å². The smallest absolute Gasteiger partial charge is 0.352 e. The average molecular weight is 255 g/mol. The lowest BCUT2D eigenvalue weighted by Gasteiger charge is -1.96. The molecule has 0 spiro atoms. The normalized spacial score (nSPS) is 10.7. The molecule has 0 atom stereocenters. The number of aromatic amines is 1. The number of hydrogen-bond donors (Lipinski definition) is 2. The molecule has 0 amide bonds. The number of fused-ring (bicyclic) bond motifs is 1. The van der Waals surface area contributed by atoms with Crippen LogP contribution in [0.1, 0.15) is 16.1 Å². The lowest BCUT2D eigenvalue weighted by Crippen LogP contribution is -1.94. The first-order valence-electron chi connectivity index (χ1n) is 3.96. The Balaban J connectivity index is 2.77. The molecule has 0 bridgehead atoms. The van der Waals surface area contributed by atoms with E-state index in [1.165, 1.54) is 0 Å². The van der Waals surface area contributed by atoms with Gasteiger partial charge in [0.15, 0.2) is 0 Å². The molecule has 0 saturated carbocycles. The predicted molar refractivity (Wildman–Crippen MR) is 55.5 cm³/mol. The number of aromatic carboxylic acids is 1. The Morgan fingerprint density at radius 1 is 1.64 bits per heavy atom. The lowest BCUT2D eigenvalue weighted by atomic mass is 10.2. The van der Waals surface area contributed by atoms with Crippen molar-refractivity contribution in [1.29, 1.82) is 0 Å². The molecule has 2 aromatic rings. The second-order valence-corrected chi connectivity index (χ2v) is 3.84. The van der Waals surface area contributed by atoms with Crippen LogP contribution in [0.3, 0.4) is 0 Å². The van der Waals surface area contributed by atoms with Crippen molar-refractivity contribution in [3.63, 3.8) is 0 Å². The number of aromatic nitrogens is 2. The van der Waals surface area contributed by atoms with Gasteiger partial charge in [0.2, 0.25) is 0 Å². The lowest BCUT2D eigenvalue weighted by molar-refractivity contribution is 0.0691. The Labute approximate surface area is 88.1 Å². The Bertz CT molecular complexity index is 519. The summed E-state index contributed by atoms with van der Waals surface area (Å²) in [7, 11) is 0. The zero-order chi connectivity index (χ0) is 10.3. The number of aryl methyl sites for hydroxylation is 1. The average Bonchev–Trinajstić information content (AvgIpc) is 2.56. The molecule has 5 heteroatoms. The van der Waals surface area contributed by atoms with Crippen molar-refractivity contribution in [2.75, 3.05) is 0 Å². The quantitative estimate of drug-likeness (QED) is 0.821. The maximum absolute atomic E-state index is 10.7. The summed E-state index contributed by atoms with van der Waals surface area (Å²) in [5.74, 6) is -0.974. The molecule has 0 aromatic carbocycles. The fraction of sp³-hybridized carbons (Fsp3) is 0.111. The van der Waals surface area contributed by atoms with Gasteiger partial charge in [0, 0.05) is 16.1 Å². The van der Waals surface area contributed by atoms with Gasteiger partial charge in [-0.3, -0.25) is 0 Å². The summed E-state index contributed by atoms with van der Waals surface area (Å²) in [5.41, 5.74) is 1.75. The van der Waals surface area contributed by atoms with Gasteiger partial charge in [-0.15, -0.1) is 0 Å². The first-order chi connectivity index (χ1) is 6.59. The molecule has 72 valence electrons. The van der Waals surface area contributed by atoms with Crippen molar-refractivity contribution in [2.45, 2.75) is 6.92 Å². The highest BCUT2D eigenvalue weighted by Gasteiger charge is 2.10. The molecular weight excluding hydrogens is 248 g/mol. The summed E-state index contributed by atoms with van der Waals surface area (Å²) in [5, 5.41) is 9.61. The van der Waals surface area contributed by atoms with Crippen LogP contribution < -0.4 is 0 Å². The van der Waals surface area contributed by atoms with Gasteiger partial charge in [0.25, 0.3) is 0 Å². The van der Waals surface area contributed by atoms with E-state index in [9.17, 15) is 4.79 Å². The fourth-order valence-corrected chi connectivity index (χ4v) is 1.61. The molecule has 2 heterocycles. The van der Waals surface area contributed by atoms with E-state index in [4.69, 9.17) is 5.11 Å². The number of hydrogen-bond acceptors (Lipinski definition) is 2. The number of nitrogens with one attached hydrogen (secondary N) is 1. The topological polar surface area (TPSA) is 66.0 Å². The van der Waals surface area contributed by atoms with Crippen LogP contribution >= 0.6 is 15.9 Å². The minimum Gasteiger partial charge on any atom is -0.477 e. The van der Waals surface area contributed by atoms with Crippen LogP contribution in [-0.4, -0.2) is 21.0 Å². The molecule has 0 aliphatic carbocycles. The first-order valence-corrected chi connectivity index (χ1v) is 4.76. The van der Waals surface area contributed by atoms with E-state index in [-0.39, 0.29) is 5.69 Å². The van der Waals surface area contributed by atoms with Crippen molar-refractivity contribution in [2.24, 2.45) is 0 Å². The van der Waals surface area contributed by atoms with Crippen LogP contribution in [0.4, 0.5) is 0 Å². The molecule has 0 fully saturated rings. The number of carboxylic acids is 1. The maximum Gasteiger partial charge on any atom is 0.352 e. The number of pyridine rings is 1. The number of halogens is 1. The van der Waals surface area contributed by atoms with E-state index in [0.29, 0.717) is 5.65 Å². The highest BCUT2D eigenvalue weighted by molar-refractivity contribution is 9.10. The van der Waals surface area contributed by atoms with Crippen molar-refractivity contribution in [1.82, 2.24) is 9.97 Å². The first kappa shape index (κ1) is 9.21. The van der Waals surface area contributed by atoms with Crippen molar-refractivity contribution >= 4 is 32.9 Å². The minimum absolute atomic E-state index is 0.161. The fourth-order valence-electron chi connectivity index (χ4n) is 1.29. The zero-order valence-electron chi connectivity index (χ0n) is 7.34. The van der Waals surface area contributed by atoms with E-state index in [1.54, 1.807) is 12.3 Å². The van der Waals surface area contributed by atoms with Crippen LogP contribution in [-0.2, 0) is 0 Å². The molecule has 0 aliphatic rings. The zero-order valence-corrected chi connectivity index (χ0v) is 8.92. The van der Waals surface area contributed by atoms with Crippen LogP contribution in [0.5, 0.6) is 0 Å². The van der Waals surface area contributed by atoms with Crippen LogP contribution in [0, 0.1) is 6.92 Å². The van der Waals surface area contributed by atoms with E-state index in [2.05, 4.69) is 25.9 Å². The highest BCUT2D eigenvalue weighted by Crippen LogP contribution is 2.24. The standard InChI is InChI=1S/C9H7BrN2O2/c1-4-5-2-7(9(13)14)12-8(5)11-3-6(4)10/h2-3H,1H3,(H,11,12)(H,13,14). The van der Waals surface area contributed by atoms with Crippen molar-refractivity contribution < 1.29 is 9.90 Å². The molecule has 2 aromatic heterocycles. The van der Waals surface area contributed by atoms with Crippen LogP contribution in [0.2, 0.25) is 0 Å². The summed E-state index contributed by atoms with van der Waals surface area (Å²) < 4.78 is 0.876. The van der Waals surface area contributed by atoms with Crippen molar-refractivity contribution in [3.8, 4) is 0 Å². The van der Waals surface area contributed by atoms with E-state index in [0.717, 1.165) is 15.4 Å². The Kier molecular flexibility index (Phi) is 2.03. The number of carbonyl (C=O) groups is 1. The second-order valence-electron chi connectivity index (χ2n) is 2.98. The summed E-state index contributed by atoms with van der Waals surface area (Å²) in [6.45, 7) is 1.91. The molecule has 2 rings (SSSR count). The number of rotatable bonds is 1. The minimum atomic E-state index is -0.974. The van der Waals surface area contributed by atoms with Gasteiger partial charge >= 0.3 is 5.97 Å². The molecule has 14 heavy (non-hydrogen) atoms. The van der Waals surface area contributed by atoms with E-state index in [1.807, 2.05) is 6.92 Å². The van der Waals surface area contributed by atoms with Gasteiger partial charge in [0.05, 0.1) is 0 Å². The number of H-pyrrole nitrogens is 1. The molecule has 4 nitrogen and oxygen atoms in total. The molecule has 0 saturated heterocycles. The third-order valence-corrected chi connectivity index (χ3v) is 2.90. The monoisotopic (exact) mass is 254 g/mol. The molecule has 0 unspecified atom stereocenters. The summed E-state index contributed by atoms with van der Waals surface area (Å²) in [6.07, 6.45) is 1.65. The molecule has 0 aliphatic heterocycles. The van der Waals surface area contributed by atoms with Crippen LogP contribution in [0.15, 0.2) is 16.7 Å². The molecule has 2 N–H and O–H groups in total. The third kappa shape index (κ3) is 1.29. The van der Waals surface area contributed by atoms with Gasteiger partial charge < -0.3 is 10.1 Å². The summed E-state index contributed by atoms with van der Waals surface area (Å²) in [4.78, 5) is 17.5. The number of carboxylic acid groups (broad SMARTS) is 1. The second kappa shape index (κ2) is 3.09. The Hall–Kier alpha value is -1.36. The highest BCUT2D eigenvalue weighted by atomic mass is 79.9. The van der Waals surface area contributed by atoms with Gasteiger partial charge in [-0.1, -0.05) is 0 Å². The SMILES string of the molecule is Cc1c(Br)cnc2[nH]c(C(=O)O)cc12. The van der Waals surface area contributed by atoms with E-state index < -0.39 is 5.97 Å². The van der Waals surface area contributed by atoms with Gasteiger partial charge in [0.1, 0.15) is 11.3 Å². The van der Waals surface area contributed by atoms with Gasteiger partial charge in [-0.25, -0.2) is 9.78 Å². The Morgan fingerprint density at radius 2 is 2.36 bits per heavy atom. The largest absolute Gasteiger partial charge is 0.477 e.